The lowest BCUT2D eigenvalue weighted by atomic mass is 10.1. The minimum absolute atomic E-state index is 0.0730. The molecule has 0 aliphatic carbocycles. The summed E-state index contributed by atoms with van der Waals surface area (Å²) in [5, 5.41) is 0. The van der Waals surface area contributed by atoms with Crippen molar-refractivity contribution >= 4 is 12.1 Å². The molecule has 0 unspecified atom stereocenters. The molecule has 0 aliphatic heterocycles. The zero-order valence-corrected chi connectivity index (χ0v) is 7.84. The maximum atomic E-state index is 11.0. The van der Waals surface area contributed by atoms with Crippen LogP contribution in [0.4, 0.5) is 0 Å². The van der Waals surface area contributed by atoms with Gasteiger partial charge in [0.05, 0.1) is 6.26 Å². The number of aldehydes is 1. The van der Waals surface area contributed by atoms with Gasteiger partial charge in [-0.15, -0.1) is 0 Å². The minimum Gasteiger partial charge on any atom is -0.460 e. The van der Waals surface area contributed by atoms with Crippen LogP contribution in [0.3, 0.4) is 0 Å². The molecule has 74 valence electrons. The van der Waals surface area contributed by atoms with E-state index in [4.69, 9.17) is 4.42 Å². The topological polar surface area (TPSA) is 47.3 Å². The third kappa shape index (κ3) is 1.86. The van der Waals surface area contributed by atoms with Crippen molar-refractivity contribution in [3.63, 3.8) is 0 Å². The van der Waals surface area contributed by atoms with E-state index in [9.17, 15) is 9.59 Å². The van der Waals surface area contributed by atoms with E-state index in [2.05, 4.69) is 0 Å². The second kappa shape index (κ2) is 3.92. The van der Waals surface area contributed by atoms with Gasteiger partial charge in [-0.05, 0) is 11.6 Å². The number of furan rings is 1. The van der Waals surface area contributed by atoms with Gasteiger partial charge in [-0.25, -0.2) is 0 Å². The quantitative estimate of drug-likeness (QED) is 0.434. The van der Waals surface area contributed by atoms with Crippen molar-refractivity contribution in [2.24, 2.45) is 0 Å². The van der Waals surface area contributed by atoms with Crippen LogP contribution < -0.4 is 0 Å². The van der Waals surface area contributed by atoms with E-state index >= 15 is 0 Å². The van der Waals surface area contributed by atoms with E-state index in [-0.39, 0.29) is 12.0 Å². The summed E-state index contributed by atoms with van der Waals surface area (Å²) in [6.45, 7) is 0. The molecule has 3 nitrogen and oxygen atoms in total. The summed E-state index contributed by atoms with van der Waals surface area (Å²) in [6, 6.07) is 11.1. The van der Waals surface area contributed by atoms with Crippen LogP contribution in [0.25, 0.3) is 11.1 Å². The molecule has 0 spiro atoms. The van der Waals surface area contributed by atoms with Gasteiger partial charge in [0, 0.05) is 5.56 Å². The number of rotatable bonds is 3. The number of ketones is 1. The number of benzene rings is 1. The molecule has 15 heavy (non-hydrogen) atoms. The molecule has 0 radical (unpaired) electrons. The van der Waals surface area contributed by atoms with Crippen molar-refractivity contribution in [2.45, 2.75) is 0 Å². The van der Waals surface area contributed by atoms with Gasteiger partial charge in [0.1, 0.15) is 0 Å². The summed E-state index contributed by atoms with van der Waals surface area (Å²) in [4.78, 5) is 21.2. The lowest BCUT2D eigenvalue weighted by Crippen LogP contribution is -1.96. The van der Waals surface area contributed by atoms with Gasteiger partial charge < -0.3 is 4.42 Å². The van der Waals surface area contributed by atoms with Gasteiger partial charge in [0.25, 0.3) is 5.78 Å². The van der Waals surface area contributed by atoms with E-state index in [0.717, 1.165) is 11.1 Å². The van der Waals surface area contributed by atoms with E-state index in [1.54, 1.807) is 6.07 Å². The average molecular weight is 200 g/mol. The summed E-state index contributed by atoms with van der Waals surface area (Å²) in [6.07, 6.45) is 1.71. The fourth-order valence-corrected chi connectivity index (χ4v) is 1.31. The van der Waals surface area contributed by atoms with Crippen molar-refractivity contribution in [1.29, 1.82) is 0 Å². The molecule has 0 aliphatic rings. The van der Waals surface area contributed by atoms with Gasteiger partial charge in [0.2, 0.25) is 0 Å². The second-order valence-electron chi connectivity index (χ2n) is 3.05. The summed E-state index contributed by atoms with van der Waals surface area (Å²) in [5.74, 6) is -0.568. The van der Waals surface area contributed by atoms with Crippen LogP contribution >= 0.6 is 0 Å². The van der Waals surface area contributed by atoms with Crippen molar-refractivity contribution in [1.82, 2.24) is 0 Å². The SMILES string of the molecule is O=CC(=O)c1cc(-c2ccccc2)co1. The third-order valence-electron chi connectivity index (χ3n) is 2.06. The maximum Gasteiger partial charge on any atom is 0.260 e. The molecule has 2 rings (SSSR count). The second-order valence-corrected chi connectivity index (χ2v) is 3.05. The van der Waals surface area contributed by atoms with E-state index in [0.29, 0.717) is 0 Å². The molecule has 1 aromatic carbocycles. The highest BCUT2D eigenvalue weighted by Gasteiger charge is 2.10. The number of hydrogen-bond donors (Lipinski definition) is 0. The maximum absolute atomic E-state index is 11.0. The van der Waals surface area contributed by atoms with E-state index in [1.807, 2.05) is 30.3 Å². The highest BCUT2D eigenvalue weighted by molar-refractivity contribution is 6.32. The number of Topliss-reactive ketones (excluding diaryl/α,β-unsaturated/α-hetero) is 1. The normalized spacial score (nSPS) is 9.87. The lowest BCUT2D eigenvalue weighted by molar-refractivity contribution is -0.104. The molecule has 0 bridgehead atoms. The van der Waals surface area contributed by atoms with Crippen LogP contribution in [0.1, 0.15) is 10.6 Å². The Morgan fingerprint density at radius 1 is 1.13 bits per heavy atom. The highest BCUT2D eigenvalue weighted by atomic mass is 16.3. The molecule has 1 aromatic heterocycles. The number of carbonyl (C=O) groups excluding carboxylic acids is 2. The van der Waals surface area contributed by atoms with Gasteiger partial charge in [-0.3, -0.25) is 9.59 Å². The van der Waals surface area contributed by atoms with Crippen molar-refractivity contribution in [3.05, 3.63) is 48.4 Å². The first-order chi connectivity index (χ1) is 7.31. The first-order valence-corrected chi connectivity index (χ1v) is 4.45. The van der Waals surface area contributed by atoms with Crippen LogP contribution in [0.5, 0.6) is 0 Å². The standard InChI is InChI=1S/C12H8O3/c13-7-11(14)12-6-10(8-15-12)9-4-2-1-3-5-9/h1-8H. The first kappa shape index (κ1) is 9.40. The van der Waals surface area contributed by atoms with Crippen molar-refractivity contribution in [3.8, 4) is 11.1 Å². The van der Waals surface area contributed by atoms with E-state index < -0.39 is 5.78 Å². The molecule has 0 amide bonds. The van der Waals surface area contributed by atoms with Crippen LogP contribution in [-0.2, 0) is 4.79 Å². The Morgan fingerprint density at radius 2 is 1.87 bits per heavy atom. The van der Waals surface area contributed by atoms with Gasteiger partial charge >= 0.3 is 0 Å². The van der Waals surface area contributed by atoms with Crippen molar-refractivity contribution < 1.29 is 14.0 Å². The zero-order valence-electron chi connectivity index (χ0n) is 7.84. The Kier molecular flexibility index (Phi) is 2.46. The van der Waals surface area contributed by atoms with Crippen LogP contribution in [0.2, 0.25) is 0 Å². The Balaban J connectivity index is 2.36. The monoisotopic (exact) mass is 200 g/mol. The molecule has 1 heterocycles. The molecular weight excluding hydrogens is 192 g/mol. The van der Waals surface area contributed by atoms with Gasteiger partial charge in [0.15, 0.2) is 12.0 Å². The molecular formula is C12H8O3. The largest absolute Gasteiger partial charge is 0.460 e. The lowest BCUT2D eigenvalue weighted by Gasteiger charge is -1.92. The summed E-state index contributed by atoms with van der Waals surface area (Å²) >= 11 is 0. The van der Waals surface area contributed by atoms with Crippen LogP contribution in [0, 0.1) is 0 Å². The summed E-state index contributed by atoms with van der Waals surface area (Å²) in [7, 11) is 0. The van der Waals surface area contributed by atoms with Crippen LogP contribution in [-0.4, -0.2) is 12.1 Å². The summed E-state index contributed by atoms with van der Waals surface area (Å²) < 4.78 is 4.99. The third-order valence-corrected chi connectivity index (χ3v) is 2.06. The molecule has 2 aromatic rings. The fraction of sp³-hybridized carbons (Fsp3) is 0. The van der Waals surface area contributed by atoms with Gasteiger partial charge in [-0.2, -0.15) is 0 Å². The number of carbonyl (C=O) groups is 2. The minimum atomic E-state index is -0.641. The predicted molar refractivity (Wildman–Crippen MR) is 54.5 cm³/mol. The Labute approximate surface area is 86.3 Å². The smallest absolute Gasteiger partial charge is 0.260 e. The van der Waals surface area contributed by atoms with Crippen LogP contribution in [0.15, 0.2) is 47.1 Å². The molecule has 0 saturated carbocycles. The Bertz CT molecular complexity index is 483. The molecule has 3 heteroatoms. The number of hydrogen-bond acceptors (Lipinski definition) is 3. The highest BCUT2D eigenvalue weighted by Crippen LogP contribution is 2.21. The Morgan fingerprint density at radius 3 is 2.53 bits per heavy atom. The average Bonchev–Trinajstić information content (AvgIpc) is 2.78. The van der Waals surface area contributed by atoms with Crippen molar-refractivity contribution in [2.75, 3.05) is 0 Å². The molecule has 0 fully saturated rings. The molecule has 0 atom stereocenters. The zero-order chi connectivity index (χ0) is 10.7. The van der Waals surface area contributed by atoms with Gasteiger partial charge in [-0.1, -0.05) is 30.3 Å². The molecule has 0 N–H and O–H groups in total. The fourth-order valence-electron chi connectivity index (χ4n) is 1.31. The summed E-state index contributed by atoms with van der Waals surface area (Å²) in [5.41, 5.74) is 1.74. The Hall–Kier alpha value is -2.16. The first-order valence-electron chi connectivity index (χ1n) is 4.45. The van der Waals surface area contributed by atoms with E-state index in [1.165, 1.54) is 6.26 Å². The molecule has 0 saturated heterocycles. The predicted octanol–water partition coefficient (Wildman–Crippen LogP) is 2.33.